The number of benzene rings is 2. The lowest BCUT2D eigenvalue weighted by Crippen LogP contribution is -2.22. The fourth-order valence-corrected chi connectivity index (χ4v) is 4.07. The Bertz CT molecular complexity index is 1350. The maximum Gasteiger partial charge on any atom is 0.337 e. The van der Waals surface area contributed by atoms with E-state index in [1.807, 2.05) is 42.5 Å². The van der Waals surface area contributed by atoms with Gasteiger partial charge in [0.05, 0.1) is 36.0 Å². The van der Waals surface area contributed by atoms with Gasteiger partial charge in [-0.15, -0.1) is 0 Å². The summed E-state index contributed by atoms with van der Waals surface area (Å²) >= 11 is 5.99. The van der Waals surface area contributed by atoms with E-state index in [0.717, 1.165) is 11.1 Å². The Hall–Kier alpha value is -4.04. The summed E-state index contributed by atoms with van der Waals surface area (Å²) < 4.78 is 19.2. The van der Waals surface area contributed by atoms with E-state index < -0.39 is 5.97 Å². The molecule has 172 valence electrons. The van der Waals surface area contributed by atoms with Crippen molar-refractivity contribution in [3.63, 3.8) is 0 Å². The van der Waals surface area contributed by atoms with E-state index in [2.05, 4.69) is 16.7 Å². The normalized spacial score (nSPS) is 14.7. The van der Waals surface area contributed by atoms with Crippen molar-refractivity contribution in [1.29, 1.82) is 0 Å². The highest BCUT2D eigenvalue weighted by atomic mass is 35.5. The Labute approximate surface area is 200 Å². The van der Waals surface area contributed by atoms with Crippen molar-refractivity contribution in [3.8, 4) is 11.5 Å². The van der Waals surface area contributed by atoms with Gasteiger partial charge in [0.15, 0.2) is 23.4 Å². The fraction of sp³-hybridized carbons (Fsp3) is 0.160. The number of nitrogens with zero attached hydrogens (tertiary/aromatic N) is 3. The molecule has 3 heterocycles. The van der Waals surface area contributed by atoms with Gasteiger partial charge >= 0.3 is 5.97 Å². The summed E-state index contributed by atoms with van der Waals surface area (Å²) in [7, 11) is 0. The maximum atomic E-state index is 11.8. The van der Waals surface area contributed by atoms with Crippen LogP contribution >= 0.6 is 11.6 Å². The number of carboxylic acids is 1. The minimum atomic E-state index is -1.12. The standard InChI is InChI=1S/C25H20ClN3O5/c1-15(25(30)31)23-20(27-14-29(23)12-19-9-10-28-34-19)11-17-3-2-4-21-24(17)32-13-22(33-21)16-5-7-18(26)8-6-16/h2-10,14,22H,1,11-13H2,(H,30,31)/t22-/m0/s1. The monoisotopic (exact) mass is 477 g/mol. The van der Waals surface area contributed by atoms with Crippen molar-refractivity contribution in [2.24, 2.45) is 0 Å². The molecule has 0 unspecified atom stereocenters. The molecule has 1 aliphatic rings. The van der Waals surface area contributed by atoms with Crippen LogP contribution in [0.4, 0.5) is 0 Å². The van der Waals surface area contributed by atoms with E-state index >= 15 is 0 Å². The second kappa shape index (κ2) is 9.07. The molecule has 0 saturated carbocycles. The lowest BCUT2D eigenvalue weighted by atomic mass is 10.0. The van der Waals surface area contributed by atoms with E-state index in [1.54, 1.807) is 17.0 Å². The molecule has 0 spiro atoms. The highest BCUT2D eigenvalue weighted by Gasteiger charge is 2.26. The number of ether oxygens (including phenoxy) is 2. The summed E-state index contributed by atoms with van der Waals surface area (Å²) in [6, 6.07) is 14.8. The van der Waals surface area contributed by atoms with Gasteiger partial charge in [0.2, 0.25) is 0 Å². The molecule has 4 aromatic rings. The molecule has 0 fully saturated rings. The van der Waals surface area contributed by atoms with E-state index in [4.69, 9.17) is 25.6 Å². The highest BCUT2D eigenvalue weighted by Crippen LogP contribution is 2.40. The first-order valence-corrected chi connectivity index (χ1v) is 10.9. The molecule has 0 saturated heterocycles. The largest absolute Gasteiger partial charge is 0.485 e. The number of imidazole rings is 1. The van der Waals surface area contributed by atoms with Gasteiger partial charge < -0.3 is 23.7 Å². The third-order valence-corrected chi connectivity index (χ3v) is 5.84. The van der Waals surface area contributed by atoms with Gasteiger partial charge in [-0.25, -0.2) is 9.78 Å². The van der Waals surface area contributed by atoms with Gasteiger partial charge in [-0.3, -0.25) is 0 Å². The van der Waals surface area contributed by atoms with Crippen LogP contribution in [-0.2, 0) is 17.8 Å². The molecular weight excluding hydrogens is 458 g/mol. The van der Waals surface area contributed by atoms with E-state index in [0.29, 0.717) is 46.7 Å². The number of carboxylic acid groups (broad SMARTS) is 1. The molecule has 1 N–H and O–H groups in total. The average molecular weight is 478 g/mol. The molecule has 0 amide bonds. The lowest BCUT2D eigenvalue weighted by molar-refractivity contribution is -0.130. The van der Waals surface area contributed by atoms with Gasteiger partial charge in [0.1, 0.15) is 6.61 Å². The van der Waals surface area contributed by atoms with Crippen LogP contribution in [0.25, 0.3) is 5.57 Å². The molecule has 1 aliphatic heterocycles. The topological polar surface area (TPSA) is 99.6 Å². The Morgan fingerprint density at radius 3 is 2.76 bits per heavy atom. The number of aromatic nitrogens is 3. The van der Waals surface area contributed by atoms with Crippen LogP contribution < -0.4 is 9.47 Å². The summed E-state index contributed by atoms with van der Waals surface area (Å²) in [6.45, 7) is 4.37. The number of rotatable bonds is 7. The zero-order valence-corrected chi connectivity index (χ0v) is 18.7. The molecule has 2 aromatic heterocycles. The smallest absolute Gasteiger partial charge is 0.337 e. The van der Waals surface area contributed by atoms with E-state index in [-0.39, 0.29) is 18.2 Å². The summed E-state index contributed by atoms with van der Waals surface area (Å²) in [5.41, 5.74) is 2.71. The third kappa shape index (κ3) is 4.27. The summed E-state index contributed by atoms with van der Waals surface area (Å²) in [5.74, 6) is 0.680. The first-order chi connectivity index (χ1) is 16.5. The number of carbonyl (C=O) groups is 1. The molecule has 34 heavy (non-hydrogen) atoms. The molecule has 8 nitrogen and oxygen atoms in total. The van der Waals surface area contributed by atoms with Crippen LogP contribution in [0, 0.1) is 0 Å². The van der Waals surface area contributed by atoms with Crippen LogP contribution in [0.2, 0.25) is 5.02 Å². The molecular formula is C25H20ClN3O5. The summed E-state index contributed by atoms with van der Waals surface area (Å²) in [5, 5.41) is 14.0. The van der Waals surface area contributed by atoms with Gasteiger partial charge in [-0.2, -0.15) is 0 Å². The number of hydrogen-bond donors (Lipinski definition) is 1. The number of halogens is 1. The average Bonchev–Trinajstić information content (AvgIpc) is 3.49. The summed E-state index contributed by atoms with van der Waals surface area (Å²) in [6.07, 6.45) is 3.18. The Balaban J connectivity index is 1.44. The molecule has 5 rings (SSSR count). The second-order valence-corrected chi connectivity index (χ2v) is 8.26. The SMILES string of the molecule is C=C(C(=O)O)c1c(Cc2cccc3c2OC[C@@H](c2ccc(Cl)cc2)O3)ncn1Cc1ccno1. The van der Waals surface area contributed by atoms with E-state index in [9.17, 15) is 9.90 Å². The second-order valence-electron chi connectivity index (χ2n) is 7.82. The number of aliphatic carboxylic acids is 1. The molecule has 0 aliphatic carbocycles. The van der Waals surface area contributed by atoms with Crippen LogP contribution in [0.5, 0.6) is 11.5 Å². The molecule has 0 bridgehead atoms. The van der Waals surface area contributed by atoms with Crippen molar-refractivity contribution < 1.29 is 23.9 Å². The predicted octanol–water partition coefficient (Wildman–Crippen LogP) is 4.77. The predicted molar refractivity (Wildman–Crippen MR) is 124 cm³/mol. The molecule has 9 heteroatoms. The highest BCUT2D eigenvalue weighted by molar-refractivity contribution is 6.30. The fourth-order valence-electron chi connectivity index (χ4n) is 3.94. The summed E-state index contributed by atoms with van der Waals surface area (Å²) in [4.78, 5) is 16.2. The first kappa shape index (κ1) is 21.8. The Kier molecular flexibility index (Phi) is 5.81. The molecule has 2 aromatic carbocycles. The lowest BCUT2D eigenvalue weighted by Gasteiger charge is -2.28. The van der Waals surface area contributed by atoms with Gasteiger partial charge in [-0.05, 0) is 23.8 Å². The maximum absolute atomic E-state index is 11.8. The van der Waals surface area contributed by atoms with Gasteiger partial charge in [0, 0.05) is 23.1 Å². The van der Waals surface area contributed by atoms with Gasteiger partial charge in [-0.1, -0.05) is 47.6 Å². The number of fused-ring (bicyclic) bond motifs is 1. The minimum absolute atomic E-state index is 0.0585. The van der Waals surface area contributed by atoms with Crippen LogP contribution in [0.3, 0.4) is 0 Å². The quantitative estimate of drug-likeness (QED) is 0.382. The zero-order valence-electron chi connectivity index (χ0n) is 18.0. The van der Waals surface area contributed by atoms with Crippen molar-refractivity contribution >= 4 is 23.1 Å². The zero-order chi connectivity index (χ0) is 23.7. The van der Waals surface area contributed by atoms with Crippen LogP contribution in [0.1, 0.15) is 34.4 Å². The molecule has 1 atom stereocenters. The van der Waals surface area contributed by atoms with Crippen molar-refractivity contribution in [1.82, 2.24) is 14.7 Å². The van der Waals surface area contributed by atoms with Crippen molar-refractivity contribution in [3.05, 3.63) is 101 Å². The Morgan fingerprint density at radius 1 is 1.21 bits per heavy atom. The van der Waals surface area contributed by atoms with Gasteiger partial charge in [0.25, 0.3) is 0 Å². The number of hydrogen-bond acceptors (Lipinski definition) is 6. The van der Waals surface area contributed by atoms with Crippen LogP contribution in [0.15, 0.2) is 72.2 Å². The van der Waals surface area contributed by atoms with Crippen molar-refractivity contribution in [2.75, 3.05) is 6.61 Å². The third-order valence-electron chi connectivity index (χ3n) is 5.58. The number of para-hydroxylation sites is 1. The minimum Gasteiger partial charge on any atom is -0.485 e. The van der Waals surface area contributed by atoms with Crippen molar-refractivity contribution in [2.45, 2.75) is 19.1 Å². The first-order valence-electron chi connectivity index (χ1n) is 10.5. The Morgan fingerprint density at radius 2 is 2.03 bits per heavy atom. The van der Waals surface area contributed by atoms with E-state index in [1.165, 1.54) is 6.20 Å². The molecule has 0 radical (unpaired) electrons. The van der Waals surface area contributed by atoms with Crippen LogP contribution in [-0.4, -0.2) is 32.4 Å².